The van der Waals surface area contributed by atoms with Crippen LogP contribution in [-0.4, -0.2) is 53.9 Å². The van der Waals surface area contributed by atoms with Gasteiger partial charge < -0.3 is 9.84 Å². The lowest BCUT2D eigenvalue weighted by Crippen LogP contribution is -2.54. The fourth-order valence-electron chi connectivity index (χ4n) is 3.48. The number of hydrogen-bond acceptors (Lipinski definition) is 6. The fraction of sp³-hybridized carbons (Fsp3) is 0.348. The van der Waals surface area contributed by atoms with Gasteiger partial charge in [0, 0.05) is 10.6 Å². The van der Waals surface area contributed by atoms with Crippen LogP contribution >= 0.6 is 24.2 Å². The first-order valence-corrected chi connectivity index (χ1v) is 11.2. The molecule has 172 valence electrons. The monoisotopic (exact) mass is 478 g/mol. The van der Waals surface area contributed by atoms with Crippen molar-refractivity contribution in [3.63, 3.8) is 0 Å². The molecule has 0 spiro atoms. The number of carboxylic acids is 1. The average Bonchev–Trinajstić information content (AvgIpc) is 2.89. The van der Waals surface area contributed by atoms with E-state index in [2.05, 4.69) is 5.32 Å². The van der Waals surface area contributed by atoms with Gasteiger partial charge in [-0.1, -0.05) is 42.5 Å². The first-order chi connectivity index (χ1) is 15.0. The van der Waals surface area contributed by atoms with E-state index in [1.54, 1.807) is 19.1 Å². The molecule has 0 radical (unpaired) electrons. The summed E-state index contributed by atoms with van der Waals surface area (Å²) >= 11 is 1.46. The largest absolute Gasteiger partial charge is 0.480 e. The number of carbonyl (C=O) groups excluding carboxylic acids is 2. The first kappa shape index (κ1) is 25.7. The Morgan fingerprint density at radius 1 is 1.19 bits per heavy atom. The summed E-state index contributed by atoms with van der Waals surface area (Å²) in [7, 11) is 0. The molecule has 0 bridgehead atoms. The molecular formula is C23H27ClN2O5S. The lowest BCUT2D eigenvalue weighted by atomic mass is 10.0. The standard InChI is InChI=1S/C23H26N2O5S.ClH/c1-2-30-23(29)17(13-12-16-8-4-3-5-9-16)24-18-15-31-20-11-7-6-10-19(20)25(22(18)28)14-21(26)27;/h3-11,17-18,24H,2,12-15H2,1H3,(H,26,27);1H/t17-,18+;/m1./s1. The Balaban J connectivity index is 0.00000363. The Morgan fingerprint density at radius 2 is 1.88 bits per heavy atom. The van der Waals surface area contributed by atoms with Gasteiger partial charge in [0.2, 0.25) is 5.91 Å². The van der Waals surface area contributed by atoms with Gasteiger partial charge in [0.1, 0.15) is 12.6 Å². The van der Waals surface area contributed by atoms with Gasteiger partial charge in [0.25, 0.3) is 0 Å². The zero-order valence-electron chi connectivity index (χ0n) is 17.7. The van der Waals surface area contributed by atoms with Crippen molar-refractivity contribution in [2.24, 2.45) is 0 Å². The van der Waals surface area contributed by atoms with Crippen LogP contribution in [0.1, 0.15) is 18.9 Å². The highest BCUT2D eigenvalue weighted by atomic mass is 35.5. The molecule has 2 N–H and O–H groups in total. The number of aryl methyl sites for hydroxylation is 1. The molecular weight excluding hydrogens is 452 g/mol. The Kier molecular flexibility index (Phi) is 10.0. The normalized spacial score (nSPS) is 16.3. The van der Waals surface area contributed by atoms with Crippen LogP contribution in [0.3, 0.4) is 0 Å². The minimum Gasteiger partial charge on any atom is -0.480 e. The highest BCUT2D eigenvalue weighted by Gasteiger charge is 2.34. The van der Waals surface area contributed by atoms with E-state index >= 15 is 0 Å². The quantitative estimate of drug-likeness (QED) is 0.534. The van der Waals surface area contributed by atoms with Crippen molar-refractivity contribution in [1.82, 2.24) is 5.32 Å². The molecule has 0 aliphatic carbocycles. The number of amides is 1. The van der Waals surface area contributed by atoms with Gasteiger partial charge in [-0.2, -0.15) is 0 Å². The van der Waals surface area contributed by atoms with Crippen molar-refractivity contribution in [3.05, 3.63) is 60.2 Å². The number of halogens is 1. The van der Waals surface area contributed by atoms with E-state index < -0.39 is 30.6 Å². The minimum absolute atomic E-state index is 0. The van der Waals surface area contributed by atoms with Crippen LogP contribution in [-0.2, 0) is 25.5 Å². The number of ether oxygens (including phenoxy) is 1. The van der Waals surface area contributed by atoms with Crippen LogP contribution in [0.4, 0.5) is 5.69 Å². The van der Waals surface area contributed by atoms with Gasteiger partial charge in [-0.3, -0.25) is 24.6 Å². The zero-order chi connectivity index (χ0) is 22.2. The van der Waals surface area contributed by atoms with E-state index in [-0.39, 0.29) is 24.9 Å². The summed E-state index contributed by atoms with van der Waals surface area (Å²) < 4.78 is 5.23. The maximum Gasteiger partial charge on any atom is 0.323 e. The van der Waals surface area contributed by atoms with Crippen LogP contribution in [0.2, 0.25) is 0 Å². The van der Waals surface area contributed by atoms with Crippen molar-refractivity contribution in [2.45, 2.75) is 36.7 Å². The highest BCUT2D eigenvalue weighted by Crippen LogP contribution is 2.34. The van der Waals surface area contributed by atoms with Crippen molar-refractivity contribution in [3.8, 4) is 0 Å². The number of thioether (sulfide) groups is 1. The molecule has 0 unspecified atom stereocenters. The third-order valence-corrected chi connectivity index (χ3v) is 6.11. The maximum absolute atomic E-state index is 13.3. The predicted octanol–water partition coefficient (Wildman–Crippen LogP) is 3.15. The number of hydrogen-bond donors (Lipinski definition) is 2. The van der Waals surface area contributed by atoms with Gasteiger partial charge in [0.15, 0.2) is 0 Å². The third kappa shape index (κ3) is 6.72. The molecule has 0 saturated carbocycles. The van der Waals surface area contributed by atoms with Gasteiger partial charge in [-0.25, -0.2) is 0 Å². The van der Waals surface area contributed by atoms with Gasteiger partial charge >= 0.3 is 11.9 Å². The Labute approximate surface area is 197 Å². The number of benzene rings is 2. The summed E-state index contributed by atoms with van der Waals surface area (Å²) in [4.78, 5) is 39.4. The summed E-state index contributed by atoms with van der Waals surface area (Å²) in [6, 6.07) is 15.6. The lowest BCUT2D eigenvalue weighted by molar-refractivity contribution is -0.146. The summed E-state index contributed by atoms with van der Waals surface area (Å²) in [6.45, 7) is 1.54. The molecule has 1 amide bonds. The molecule has 1 heterocycles. The van der Waals surface area contributed by atoms with Crippen molar-refractivity contribution < 1.29 is 24.2 Å². The molecule has 1 aliphatic heterocycles. The van der Waals surface area contributed by atoms with Crippen molar-refractivity contribution in [1.29, 1.82) is 0 Å². The molecule has 2 atom stereocenters. The Hall–Kier alpha value is -2.55. The molecule has 1 aliphatic rings. The zero-order valence-corrected chi connectivity index (χ0v) is 19.4. The lowest BCUT2D eigenvalue weighted by Gasteiger charge is -2.27. The molecule has 0 aromatic heterocycles. The van der Waals surface area contributed by atoms with E-state index in [9.17, 15) is 19.5 Å². The number of esters is 1. The molecule has 9 heteroatoms. The smallest absolute Gasteiger partial charge is 0.323 e. The second-order valence-electron chi connectivity index (χ2n) is 7.15. The van der Waals surface area contributed by atoms with Gasteiger partial charge in [0.05, 0.1) is 18.3 Å². The number of para-hydroxylation sites is 1. The highest BCUT2D eigenvalue weighted by molar-refractivity contribution is 7.99. The Bertz CT molecular complexity index is 928. The summed E-state index contributed by atoms with van der Waals surface area (Å²) in [5, 5.41) is 12.5. The van der Waals surface area contributed by atoms with Crippen LogP contribution < -0.4 is 10.2 Å². The number of nitrogens with one attached hydrogen (secondary N) is 1. The maximum atomic E-state index is 13.3. The molecule has 2 aromatic carbocycles. The van der Waals surface area contributed by atoms with E-state index in [0.29, 0.717) is 24.3 Å². The van der Waals surface area contributed by atoms with E-state index in [1.807, 2.05) is 42.5 Å². The second-order valence-corrected chi connectivity index (χ2v) is 8.21. The molecule has 32 heavy (non-hydrogen) atoms. The average molecular weight is 479 g/mol. The van der Waals surface area contributed by atoms with Gasteiger partial charge in [-0.15, -0.1) is 24.2 Å². The molecule has 0 saturated heterocycles. The van der Waals surface area contributed by atoms with Crippen LogP contribution in [0.25, 0.3) is 0 Å². The van der Waals surface area contributed by atoms with E-state index in [1.165, 1.54) is 16.7 Å². The van der Waals surface area contributed by atoms with E-state index in [0.717, 1.165) is 10.5 Å². The van der Waals surface area contributed by atoms with Crippen LogP contribution in [0.5, 0.6) is 0 Å². The van der Waals surface area contributed by atoms with Crippen LogP contribution in [0.15, 0.2) is 59.5 Å². The second kappa shape index (κ2) is 12.5. The van der Waals surface area contributed by atoms with E-state index in [4.69, 9.17) is 4.74 Å². The number of carboxylic acid groups (broad SMARTS) is 1. The molecule has 7 nitrogen and oxygen atoms in total. The van der Waals surface area contributed by atoms with Gasteiger partial charge in [-0.05, 0) is 37.5 Å². The topological polar surface area (TPSA) is 95.9 Å². The number of anilines is 1. The molecule has 3 rings (SSSR count). The predicted molar refractivity (Wildman–Crippen MR) is 127 cm³/mol. The number of aliphatic carboxylic acids is 1. The fourth-order valence-corrected chi connectivity index (χ4v) is 4.57. The summed E-state index contributed by atoms with van der Waals surface area (Å²) in [6.07, 6.45) is 1.10. The van der Waals surface area contributed by atoms with Crippen LogP contribution in [0, 0.1) is 0 Å². The summed E-state index contributed by atoms with van der Waals surface area (Å²) in [5.41, 5.74) is 1.65. The number of carbonyl (C=O) groups is 3. The van der Waals surface area contributed by atoms with Crippen molar-refractivity contribution in [2.75, 3.05) is 23.8 Å². The molecule has 2 aromatic rings. The molecule has 0 fully saturated rings. The number of fused-ring (bicyclic) bond motifs is 1. The number of nitrogens with zero attached hydrogens (tertiary/aromatic N) is 1. The number of rotatable bonds is 9. The third-order valence-electron chi connectivity index (χ3n) is 4.96. The van der Waals surface area contributed by atoms with Crippen molar-refractivity contribution >= 4 is 47.7 Å². The SMILES string of the molecule is CCOC(=O)[C@@H](CCc1ccccc1)N[C@H]1CSc2ccccc2N(CC(=O)O)C1=O.Cl. The Morgan fingerprint density at radius 3 is 2.56 bits per heavy atom. The first-order valence-electron chi connectivity index (χ1n) is 10.2. The minimum atomic E-state index is -1.10. The summed E-state index contributed by atoms with van der Waals surface area (Å²) in [5.74, 6) is -1.50.